The molecule has 0 spiro atoms. The van der Waals surface area contributed by atoms with Crippen LogP contribution in [0.1, 0.15) is 9.67 Å². The first-order chi connectivity index (χ1) is 11.9. The molecule has 0 aliphatic carbocycles. The summed E-state index contributed by atoms with van der Waals surface area (Å²) in [7, 11) is -2.24. The van der Waals surface area contributed by atoms with E-state index in [2.05, 4.69) is 4.72 Å². The van der Waals surface area contributed by atoms with Crippen molar-refractivity contribution in [3.8, 4) is 5.75 Å². The molecule has 3 N–H and O–H groups in total. The first kappa shape index (κ1) is 17.2. The van der Waals surface area contributed by atoms with Gasteiger partial charge in [0.25, 0.3) is 15.9 Å². The Hall–Kier alpha value is -2.62. The first-order valence-electron chi connectivity index (χ1n) is 7.08. The number of nitrogens with one attached hydrogen (secondary N) is 2. The Morgan fingerprint density at radius 2 is 1.84 bits per heavy atom. The van der Waals surface area contributed by atoms with Crippen LogP contribution in [0.2, 0.25) is 0 Å². The molecule has 0 bridgehead atoms. The van der Waals surface area contributed by atoms with E-state index in [1.165, 1.54) is 30.6 Å². The molecule has 0 aliphatic rings. The highest BCUT2D eigenvalue weighted by molar-refractivity contribution is 7.92. The van der Waals surface area contributed by atoms with Gasteiger partial charge in [0.1, 0.15) is 5.75 Å². The average molecular weight is 378 g/mol. The standard InChI is InChI=1S/C16H14N2O5S2/c1-23-12-3-5-13(6-4-12)25(21,22)18-11-2-7-14-10(8-11)9-15(24-14)16(19)17-20/h2-9,18,20H,1H3,(H,17,19). The van der Waals surface area contributed by atoms with Gasteiger partial charge in [-0.1, -0.05) is 0 Å². The number of rotatable bonds is 5. The largest absolute Gasteiger partial charge is 0.497 e. The number of carbonyl (C=O) groups excluding carboxylic acids is 1. The maximum atomic E-state index is 12.5. The summed E-state index contributed by atoms with van der Waals surface area (Å²) in [4.78, 5) is 11.9. The van der Waals surface area contributed by atoms with Crippen LogP contribution < -0.4 is 14.9 Å². The van der Waals surface area contributed by atoms with Crippen LogP contribution in [0.5, 0.6) is 5.75 Å². The SMILES string of the molecule is COc1ccc(S(=O)(=O)Nc2ccc3sc(C(=O)NO)cc3c2)cc1. The zero-order valence-corrected chi connectivity index (χ0v) is 14.6. The third-order valence-electron chi connectivity index (χ3n) is 3.46. The van der Waals surface area contributed by atoms with E-state index < -0.39 is 15.9 Å². The van der Waals surface area contributed by atoms with Crippen LogP contribution >= 0.6 is 11.3 Å². The molecule has 3 aromatic rings. The third-order valence-corrected chi connectivity index (χ3v) is 5.98. The van der Waals surface area contributed by atoms with Gasteiger partial charge in [-0.3, -0.25) is 14.7 Å². The quantitative estimate of drug-likeness (QED) is 0.468. The minimum Gasteiger partial charge on any atom is -0.497 e. The van der Waals surface area contributed by atoms with Crippen LogP contribution in [0.3, 0.4) is 0 Å². The van der Waals surface area contributed by atoms with E-state index in [-0.39, 0.29) is 4.90 Å². The molecule has 9 heteroatoms. The average Bonchev–Trinajstić information content (AvgIpc) is 3.04. The molecule has 130 valence electrons. The monoisotopic (exact) mass is 378 g/mol. The number of hydroxylamine groups is 1. The Morgan fingerprint density at radius 3 is 2.48 bits per heavy atom. The predicted octanol–water partition coefficient (Wildman–Crippen LogP) is 2.83. The topological polar surface area (TPSA) is 105 Å². The summed E-state index contributed by atoms with van der Waals surface area (Å²) in [6.07, 6.45) is 0. The van der Waals surface area contributed by atoms with E-state index in [1.54, 1.807) is 41.9 Å². The van der Waals surface area contributed by atoms with Gasteiger partial charge in [-0.15, -0.1) is 11.3 Å². The Labute approximate surface area is 147 Å². The fourth-order valence-corrected chi connectivity index (χ4v) is 4.23. The number of methoxy groups -OCH3 is 1. The number of anilines is 1. The minimum atomic E-state index is -3.74. The molecule has 25 heavy (non-hydrogen) atoms. The lowest BCUT2D eigenvalue weighted by atomic mass is 10.2. The van der Waals surface area contributed by atoms with Gasteiger partial charge in [0.05, 0.1) is 16.9 Å². The van der Waals surface area contributed by atoms with Crippen LogP contribution in [0.25, 0.3) is 10.1 Å². The van der Waals surface area contributed by atoms with Gasteiger partial charge in [-0.05, 0) is 53.9 Å². The van der Waals surface area contributed by atoms with Crippen molar-refractivity contribution in [3.63, 3.8) is 0 Å². The van der Waals surface area contributed by atoms with Gasteiger partial charge in [-0.2, -0.15) is 0 Å². The molecule has 1 heterocycles. The summed E-state index contributed by atoms with van der Waals surface area (Å²) in [6.45, 7) is 0. The molecule has 0 atom stereocenters. The molecule has 7 nitrogen and oxygen atoms in total. The molecule has 3 rings (SSSR count). The van der Waals surface area contributed by atoms with Crippen LogP contribution in [0.4, 0.5) is 5.69 Å². The second kappa shape index (κ2) is 6.71. The van der Waals surface area contributed by atoms with E-state index in [0.717, 1.165) is 4.70 Å². The van der Waals surface area contributed by atoms with Gasteiger partial charge in [-0.25, -0.2) is 13.9 Å². The van der Waals surface area contributed by atoms with E-state index in [0.29, 0.717) is 21.7 Å². The molecule has 1 amide bonds. The maximum Gasteiger partial charge on any atom is 0.284 e. The van der Waals surface area contributed by atoms with Crippen molar-refractivity contribution in [2.45, 2.75) is 4.90 Å². The summed E-state index contributed by atoms with van der Waals surface area (Å²) in [5, 5.41) is 9.38. The summed E-state index contributed by atoms with van der Waals surface area (Å²) in [5.41, 5.74) is 1.95. The zero-order chi connectivity index (χ0) is 18.0. The minimum absolute atomic E-state index is 0.110. The second-order valence-electron chi connectivity index (χ2n) is 5.09. The fraction of sp³-hybridized carbons (Fsp3) is 0.0625. The molecule has 0 unspecified atom stereocenters. The summed E-state index contributed by atoms with van der Waals surface area (Å²) in [6, 6.07) is 12.6. The summed E-state index contributed by atoms with van der Waals surface area (Å²) >= 11 is 1.19. The van der Waals surface area contributed by atoms with Crippen molar-refractivity contribution in [3.05, 3.63) is 53.4 Å². The molecule has 0 saturated heterocycles. The molecule has 0 saturated carbocycles. The Bertz CT molecular complexity index is 1030. The van der Waals surface area contributed by atoms with Crippen molar-refractivity contribution in [1.82, 2.24) is 5.48 Å². The number of ether oxygens (including phenoxy) is 1. The first-order valence-corrected chi connectivity index (χ1v) is 9.38. The zero-order valence-electron chi connectivity index (χ0n) is 13.0. The van der Waals surface area contributed by atoms with E-state index >= 15 is 0 Å². The molecule has 1 aromatic heterocycles. The number of hydrogen-bond donors (Lipinski definition) is 3. The number of benzene rings is 2. The third kappa shape index (κ3) is 3.58. The second-order valence-corrected chi connectivity index (χ2v) is 7.85. The number of amides is 1. The smallest absolute Gasteiger partial charge is 0.284 e. The van der Waals surface area contributed by atoms with Crippen molar-refractivity contribution < 1.29 is 23.2 Å². The lowest BCUT2D eigenvalue weighted by molar-refractivity contribution is 0.0711. The Morgan fingerprint density at radius 1 is 1.12 bits per heavy atom. The number of sulfonamides is 1. The van der Waals surface area contributed by atoms with Gasteiger partial charge >= 0.3 is 0 Å². The summed E-state index contributed by atoms with van der Waals surface area (Å²) < 4.78 is 33.2. The normalized spacial score (nSPS) is 11.3. The molecular weight excluding hydrogens is 364 g/mol. The van der Waals surface area contributed by atoms with Crippen LogP contribution in [0.15, 0.2) is 53.4 Å². The molecule has 2 aromatic carbocycles. The van der Waals surface area contributed by atoms with Crippen molar-refractivity contribution in [1.29, 1.82) is 0 Å². The van der Waals surface area contributed by atoms with Crippen LogP contribution in [-0.4, -0.2) is 26.6 Å². The Balaban J connectivity index is 1.89. The maximum absolute atomic E-state index is 12.5. The highest BCUT2D eigenvalue weighted by Crippen LogP contribution is 2.29. The van der Waals surface area contributed by atoms with E-state index in [1.807, 2.05) is 0 Å². The number of thiophene rings is 1. The van der Waals surface area contributed by atoms with Gasteiger partial charge in [0.15, 0.2) is 0 Å². The number of carbonyl (C=O) groups is 1. The van der Waals surface area contributed by atoms with Gasteiger partial charge in [0.2, 0.25) is 0 Å². The van der Waals surface area contributed by atoms with Gasteiger partial charge in [0, 0.05) is 10.4 Å². The fourth-order valence-electron chi connectivity index (χ4n) is 2.24. The molecule has 0 aliphatic heterocycles. The predicted molar refractivity (Wildman–Crippen MR) is 94.9 cm³/mol. The lowest BCUT2D eigenvalue weighted by Crippen LogP contribution is -2.16. The molecule has 0 radical (unpaired) electrons. The highest BCUT2D eigenvalue weighted by atomic mass is 32.2. The molecule has 0 fully saturated rings. The van der Waals surface area contributed by atoms with Crippen LogP contribution in [-0.2, 0) is 10.0 Å². The summed E-state index contributed by atoms with van der Waals surface area (Å²) in [5.74, 6) is -0.0464. The van der Waals surface area contributed by atoms with E-state index in [4.69, 9.17) is 9.94 Å². The lowest BCUT2D eigenvalue weighted by Gasteiger charge is -2.09. The van der Waals surface area contributed by atoms with Crippen molar-refractivity contribution in [2.75, 3.05) is 11.8 Å². The van der Waals surface area contributed by atoms with E-state index in [9.17, 15) is 13.2 Å². The van der Waals surface area contributed by atoms with Crippen molar-refractivity contribution >= 4 is 43.0 Å². The number of hydrogen-bond acceptors (Lipinski definition) is 6. The molecular formula is C16H14N2O5S2. The number of fused-ring (bicyclic) bond motifs is 1. The Kier molecular flexibility index (Phi) is 4.62. The van der Waals surface area contributed by atoms with Crippen LogP contribution in [0, 0.1) is 0 Å². The van der Waals surface area contributed by atoms with Crippen molar-refractivity contribution in [2.24, 2.45) is 0 Å². The van der Waals surface area contributed by atoms with Gasteiger partial charge < -0.3 is 4.74 Å². The highest BCUT2D eigenvalue weighted by Gasteiger charge is 2.15.